The number of pyridine rings is 1. The monoisotopic (exact) mass is 1380 g/mol. The summed E-state index contributed by atoms with van der Waals surface area (Å²) in [5.74, 6) is -2.02. The zero-order valence-corrected chi connectivity index (χ0v) is 57.1. The molecule has 0 radical (unpaired) electrons. The summed E-state index contributed by atoms with van der Waals surface area (Å²) in [6.07, 6.45) is 8.11. The predicted octanol–water partition coefficient (Wildman–Crippen LogP) is 6.59. The van der Waals surface area contributed by atoms with Crippen LogP contribution < -0.4 is 56.7 Å². The van der Waals surface area contributed by atoms with Crippen molar-refractivity contribution in [1.29, 1.82) is 5.26 Å². The molecule has 6 aromatic rings. The van der Waals surface area contributed by atoms with Crippen LogP contribution >= 0.6 is 0 Å². The predicted molar refractivity (Wildman–Crippen MR) is 371 cm³/mol. The van der Waals surface area contributed by atoms with E-state index in [0.717, 1.165) is 92.8 Å². The largest absolute Gasteiger partial charge is 0.488 e. The van der Waals surface area contributed by atoms with Crippen LogP contribution in [0.5, 0.6) is 17.5 Å². The maximum absolute atomic E-state index is 14.2. The van der Waals surface area contributed by atoms with Crippen molar-refractivity contribution in [3.05, 3.63) is 126 Å². The number of primary amides is 1. The van der Waals surface area contributed by atoms with Crippen molar-refractivity contribution in [2.75, 3.05) is 73.3 Å². The Morgan fingerprint density at radius 2 is 1.57 bits per heavy atom. The number of ether oxygens (including phenoxy) is 4. The van der Waals surface area contributed by atoms with Crippen molar-refractivity contribution in [1.82, 2.24) is 46.1 Å². The number of rotatable bonds is 29. The van der Waals surface area contributed by atoms with Gasteiger partial charge < -0.3 is 81.1 Å². The summed E-state index contributed by atoms with van der Waals surface area (Å²) in [7, 11) is 0. The van der Waals surface area contributed by atoms with Gasteiger partial charge in [0.25, 0.3) is 5.88 Å². The number of likely N-dealkylation sites (tertiary alicyclic amines) is 2. The highest BCUT2D eigenvalue weighted by molar-refractivity contribution is 6.05. The fraction of sp³-hybridized carbons (Fsp3) is 0.493. The number of nitrogen functional groups attached to an aromatic ring is 1. The number of hydrogen-bond donors (Lipinski definition) is 8. The first kappa shape index (κ1) is 70.7. The summed E-state index contributed by atoms with van der Waals surface area (Å²) < 4.78 is 31.2. The number of anilines is 4. The van der Waals surface area contributed by atoms with Crippen molar-refractivity contribution in [3.63, 3.8) is 0 Å². The number of carboxylic acids is 1. The molecule has 12 rings (SSSR count). The molecule has 2 bridgehead atoms. The standard InChI is InChI=1S/C73H89N15O13/c1-43(2)65(69(92)87-41-52(89)33-60(87)68(91)79-44(3)47-15-11-45(38-74)12-16-47)62-37-64(84-101-62)97-31-30-85-28-22-53(23-29-85)99-54-34-55(35-54)100-63-32-49(21-27-77-63)88-50-19-20-51(88)40-86(39-50)59-36-58(82-83-66(59)75)56-8-4-5-10-61(56)98-42-46-13-17-48(18-14-46)80-67(90)57(9-6-26-78-72(76)96)81-70(93)73(71(94)95)24-7-25-73/h4-5,8,10-18,21,27,32,36-37,43-44,50-55,57,60,65,89H,6-7,9,19-20,22-26,28-31,33-35,39-42H2,1-3H3,(H2,75,83)(H,79,91)(H,80,90)(H,81,93)(H,94,95)(H3,76,78,96)/t44-,50?,51?,52+,54?,55?,57-,60-,65+/m0/s1. The molecule has 28 nitrogen and oxygen atoms in total. The maximum atomic E-state index is 14.2. The van der Waals surface area contributed by atoms with Crippen molar-refractivity contribution in [3.8, 4) is 34.8 Å². The number of carbonyl (C=O) groups excluding carboxylic acids is 5. The van der Waals surface area contributed by atoms with Gasteiger partial charge in [-0.25, -0.2) is 9.78 Å². The van der Waals surface area contributed by atoms with E-state index in [1.807, 2.05) is 69.4 Å². The number of nitriles is 1. The van der Waals surface area contributed by atoms with E-state index in [2.05, 4.69) is 74.5 Å². The van der Waals surface area contributed by atoms with E-state index in [1.165, 1.54) is 4.90 Å². The highest BCUT2D eigenvalue weighted by Gasteiger charge is 2.52. The molecule has 0 spiro atoms. The van der Waals surface area contributed by atoms with Crippen molar-refractivity contribution >= 4 is 58.5 Å². The first-order chi connectivity index (χ1) is 48.8. The SMILES string of the molecule is CC(C)[C@@H](C(=O)N1C[C@H](O)C[C@H]1C(=O)N[C@@H](C)c1ccc(C#N)cc1)c1cc(OCCN2CCC(OC3CC(Oc4cc(N5C6CCC5CN(c5cc(-c7ccccc7OCc7ccc(NC(=O)[C@H](CCCNC(N)=O)NC(=O)C8(C(=O)O)CCC8)cc7)nnc5N)C6)ccn4)C3)CC2)no1. The number of carboxylic acid groups (broad SMARTS) is 1. The highest BCUT2D eigenvalue weighted by Crippen LogP contribution is 2.43. The zero-order chi connectivity index (χ0) is 70.9. The van der Waals surface area contributed by atoms with Crippen LogP contribution in [0.3, 0.4) is 0 Å². The van der Waals surface area contributed by atoms with Crippen molar-refractivity contribution < 1.29 is 62.5 Å². The number of nitrogens with zero attached hydrogens (tertiary/aromatic N) is 9. The normalized spacial score (nSPS) is 21.8. The lowest BCUT2D eigenvalue weighted by molar-refractivity contribution is -0.162. The molecule has 6 aliphatic rings. The van der Waals surface area contributed by atoms with E-state index < -0.39 is 53.3 Å². The van der Waals surface area contributed by atoms with E-state index >= 15 is 0 Å². The average molecular weight is 1380 g/mol. The third-order valence-corrected chi connectivity index (χ3v) is 20.5. The number of aliphatic hydroxyl groups is 1. The fourth-order valence-corrected chi connectivity index (χ4v) is 14.6. The fourth-order valence-electron chi connectivity index (χ4n) is 14.6. The van der Waals surface area contributed by atoms with Crippen LogP contribution in [0.25, 0.3) is 11.3 Å². The van der Waals surface area contributed by atoms with Crippen LogP contribution in [0.15, 0.2) is 108 Å². The molecule has 7 atom stereocenters. The molecule has 101 heavy (non-hydrogen) atoms. The van der Waals surface area contributed by atoms with Crippen molar-refractivity contribution in [2.24, 2.45) is 17.1 Å². The summed E-state index contributed by atoms with van der Waals surface area (Å²) in [5, 5.41) is 53.7. The van der Waals surface area contributed by atoms with E-state index in [9.17, 15) is 44.2 Å². The number of piperidine rings is 1. The van der Waals surface area contributed by atoms with Gasteiger partial charge in [-0.1, -0.05) is 56.7 Å². The third-order valence-electron chi connectivity index (χ3n) is 20.5. The summed E-state index contributed by atoms with van der Waals surface area (Å²) in [5.41, 5.74) is 16.0. The van der Waals surface area contributed by atoms with Crippen LogP contribution in [0.2, 0.25) is 0 Å². The molecule has 3 aromatic heterocycles. The number of nitrogens with two attached hydrogens (primary N) is 2. The summed E-state index contributed by atoms with van der Waals surface area (Å²) in [6, 6.07) is 28.8. The Balaban J connectivity index is 0.568. The van der Waals surface area contributed by atoms with E-state index in [0.29, 0.717) is 66.1 Å². The van der Waals surface area contributed by atoms with E-state index in [1.54, 1.807) is 42.5 Å². The molecule has 2 saturated carbocycles. The number of β-amino-alcohol motifs (C(OH)–C–C–N with tert-alkyl or cyclic N) is 1. The Hall–Kier alpha value is -10.1. The second kappa shape index (κ2) is 31.6. The Morgan fingerprint density at radius 3 is 2.27 bits per heavy atom. The second-order valence-electron chi connectivity index (χ2n) is 27.7. The quantitative estimate of drug-likeness (QED) is 0.0181. The Kier molecular flexibility index (Phi) is 22.1. The zero-order valence-electron chi connectivity index (χ0n) is 57.1. The Morgan fingerprint density at radius 1 is 0.832 bits per heavy atom. The molecule has 6 fully saturated rings. The van der Waals surface area contributed by atoms with Crippen LogP contribution in [0.1, 0.15) is 132 Å². The second-order valence-corrected chi connectivity index (χ2v) is 27.7. The lowest BCUT2D eigenvalue weighted by Crippen LogP contribution is -2.55. The molecule has 4 aliphatic heterocycles. The molecule has 2 unspecified atom stereocenters. The van der Waals surface area contributed by atoms with Gasteiger partial charge in [-0.05, 0) is 129 Å². The molecule has 28 heteroatoms. The molecule has 3 aromatic carbocycles. The first-order valence-electron chi connectivity index (χ1n) is 35.0. The Bertz CT molecular complexity index is 3950. The molecular weight excluding hydrogens is 1290 g/mol. The maximum Gasteiger partial charge on any atom is 0.319 e. The number of hydrogen-bond acceptors (Lipinski definition) is 21. The number of urea groups is 1. The van der Waals surface area contributed by atoms with E-state index in [-0.39, 0.29) is 105 Å². The number of aromatic nitrogens is 4. The minimum absolute atomic E-state index is 0.00188. The van der Waals surface area contributed by atoms with Gasteiger partial charge in [0.2, 0.25) is 29.5 Å². The van der Waals surface area contributed by atoms with Crippen LogP contribution in [0.4, 0.5) is 27.7 Å². The number of piperazine rings is 1. The molecule has 534 valence electrons. The molecular formula is C73H89N15O13. The van der Waals surface area contributed by atoms with Crippen LogP contribution in [-0.4, -0.2) is 177 Å². The number of fused-ring (bicyclic) bond motifs is 2. The lowest BCUT2D eigenvalue weighted by atomic mass is 9.68. The average Bonchev–Trinajstić information content (AvgIpc) is 1.42. The smallest absolute Gasteiger partial charge is 0.319 e. The molecule has 10 N–H and O–H groups in total. The number of amides is 6. The minimum atomic E-state index is -1.57. The summed E-state index contributed by atoms with van der Waals surface area (Å²) in [6.45, 7) is 10.2. The molecule has 2 aliphatic carbocycles. The van der Waals surface area contributed by atoms with Gasteiger partial charge in [-0.2, -0.15) is 5.26 Å². The van der Waals surface area contributed by atoms with Gasteiger partial charge in [0, 0.05) is 112 Å². The first-order valence-corrected chi connectivity index (χ1v) is 35.0. The van der Waals surface area contributed by atoms with Gasteiger partial charge in [0.1, 0.15) is 48.5 Å². The highest BCUT2D eigenvalue weighted by atomic mass is 16.5. The van der Waals surface area contributed by atoms with Gasteiger partial charge in [-0.15, -0.1) is 10.2 Å². The molecule has 6 amide bonds. The van der Waals surface area contributed by atoms with Gasteiger partial charge in [-0.3, -0.25) is 28.9 Å². The molecule has 7 heterocycles. The topological polar surface area (TPSA) is 381 Å². The van der Waals surface area contributed by atoms with E-state index in [4.69, 9.17) is 34.9 Å². The van der Waals surface area contributed by atoms with Gasteiger partial charge in [0.05, 0.1) is 47.4 Å². The third kappa shape index (κ3) is 16.7. The van der Waals surface area contributed by atoms with Gasteiger partial charge >= 0.3 is 12.0 Å². The lowest BCUT2D eigenvalue weighted by Gasteiger charge is -2.43. The number of aliphatic hydroxyl groups excluding tert-OH is 1. The number of aliphatic carboxylic acids is 1. The van der Waals surface area contributed by atoms with Gasteiger partial charge in [0.15, 0.2) is 11.6 Å². The number of para-hydroxylation sites is 1. The Labute approximate surface area is 585 Å². The number of carbonyl (C=O) groups is 6. The summed E-state index contributed by atoms with van der Waals surface area (Å²) in [4.78, 5) is 91.0. The summed E-state index contributed by atoms with van der Waals surface area (Å²) >= 11 is 0. The number of nitrogens with one attached hydrogen (secondary N) is 4. The minimum Gasteiger partial charge on any atom is -0.488 e. The van der Waals surface area contributed by atoms with Crippen LogP contribution in [0, 0.1) is 22.7 Å². The van der Waals surface area contributed by atoms with Crippen LogP contribution in [-0.2, 0) is 35.3 Å². The molecule has 4 saturated heterocycles. The van der Waals surface area contributed by atoms with Crippen molar-refractivity contribution in [2.45, 2.75) is 165 Å². The number of benzene rings is 3.